The summed E-state index contributed by atoms with van der Waals surface area (Å²) in [5, 5.41) is 0. The molecular formula is C26H30N2O2. The Kier molecular flexibility index (Phi) is 6.88. The topological polar surface area (TPSA) is 40.6 Å². The fourth-order valence-corrected chi connectivity index (χ4v) is 3.62. The molecule has 3 rings (SSSR count). The molecule has 0 bridgehead atoms. The van der Waals surface area contributed by atoms with Gasteiger partial charge in [0.25, 0.3) is 0 Å². The van der Waals surface area contributed by atoms with E-state index in [0.29, 0.717) is 13.1 Å². The summed E-state index contributed by atoms with van der Waals surface area (Å²) in [5.41, 5.74) is 4.39. The first-order chi connectivity index (χ1) is 14.3. The lowest BCUT2D eigenvalue weighted by Gasteiger charge is -2.43. The lowest BCUT2D eigenvalue weighted by atomic mass is 10.1. The number of aryl methyl sites for hydroxylation is 2. The molecule has 2 amide bonds. The molecule has 0 unspecified atom stereocenters. The van der Waals surface area contributed by atoms with Gasteiger partial charge in [0, 0.05) is 37.3 Å². The predicted octanol–water partition coefficient (Wildman–Crippen LogP) is 4.48. The minimum atomic E-state index is -0.0342. The zero-order chi connectivity index (χ0) is 21.7. The first-order valence-electron chi connectivity index (χ1n) is 10.4. The van der Waals surface area contributed by atoms with Crippen molar-refractivity contribution in [3.05, 3.63) is 82.9 Å². The smallest absolute Gasteiger partial charge is 0.246 e. The third-order valence-electron chi connectivity index (χ3n) is 5.54. The van der Waals surface area contributed by atoms with E-state index in [2.05, 4.69) is 0 Å². The number of hydrogen-bond donors (Lipinski definition) is 0. The summed E-state index contributed by atoms with van der Waals surface area (Å²) in [4.78, 5) is 29.2. The Bertz CT molecular complexity index is 863. The first-order valence-corrected chi connectivity index (χ1v) is 10.4. The van der Waals surface area contributed by atoms with Gasteiger partial charge in [-0.3, -0.25) is 9.59 Å². The third kappa shape index (κ3) is 5.47. The lowest BCUT2D eigenvalue weighted by molar-refractivity contribution is -0.139. The lowest BCUT2D eigenvalue weighted by Crippen LogP contribution is -2.59. The van der Waals surface area contributed by atoms with Gasteiger partial charge in [0.2, 0.25) is 11.8 Å². The highest BCUT2D eigenvalue weighted by atomic mass is 16.2. The molecule has 0 aliphatic carbocycles. The van der Waals surface area contributed by atoms with Crippen molar-refractivity contribution in [3.8, 4) is 0 Å². The highest BCUT2D eigenvalue weighted by Gasteiger charge is 2.32. The van der Waals surface area contributed by atoms with Crippen LogP contribution in [0.3, 0.4) is 0 Å². The van der Waals surface area contributed by atoms with Crippen LogP contribution in [0.5, 0.6) is 0 Å². The molecule has 4 heteroatoms. The SMILES string of the molecule is Cc1ccc(/C=C\C(=O)N2C[C@H](C)N(C(=O)/C=C/c3ccc(C)cc3)C[C@@H]2C)cc1. The molecule has 4 nitrogen and oxygen atoms in total. The van der Waals surface area contributed by atoms with E-state index in [4.69, 9.17) is 0 Å². The second-order valence-electron chi connectivity index (χ2n) is 8.17. The Morgan fingerprint density at radius 1 is 0.700 bits per heavy atom. The summed E-state index contributed by atoms with van der Waals surface area (Å²) in [6.07, 6.45) is 6.95. The molecule has 2 aromatic carbocycles. The molecule has 1 aliphatic rings. The molecule has 0 N–H and O–H groups in total. The fourth-order valence-electron chi connectivity index (χ4n) is 3.62. The number of piperazine rings is 1. The number of benzene rings is 2. The molecule has 0 saturated carbocycles. The van der Waals surface area contributed by atoms with Crippen molar-refractivity contribution < 1.29 is 9.59 Å². The minimum absolute atomic E-state index is 0.0165. The van der Waals surface area contributed by atoms with Gasteiger partial charge in [0.05, 0.1) is 0 Å². The van der Waals surface area contributed by atoms with E-state index in [1.165, 1.54) is 11.1 Å². The van der Waals surface area contributed by atoms with Crippen molar-refractivity contribution in [1.82, 2.24) is 9.80 Å². The summed E-state index contributed by atoms with van der Waals surface area (Å²) in [6.45, 7) is 9.13. The Morgan fingerprint density at radius 3 is 1.37 bits per heavy atom. The second-order valence-corrected chi connectivity index (χ2v) is 8.17. The van der Waals surface area contributed by atoms with Gasteiger partial charge >= 0.3 is 0 Å². The Morgan fingerprint density at radius 2 is 1.03 bits per heavy atom. The molecule has 156 valence electrons. The van der Waals surface area contributed by atoms with Crippen molar-refractivity contribution >= 4 is 24.0 Å². The summed E-state index contributed by atoms with van der Waals surface area (Å²) >= 11 is 0. The van der Waals surface area contributed by atoms with Crippen LogP contribution in [0, 0.1) is 13.8 Å². The molecular weight excluding hydrogens is 372 g/mol. The zero-order valence-corrected chi connectivity index (χ0v) is 18.2. The molecule has 2 atom stereocenters. The van der Waals surface area contributed by atoms with E-state index in [1.54, 1.807) is 12.2 Å². The Labute approximate surface area is 179 Å². The molecule has 0 aromatic heterocycles. The molecule has 0 spiro atoms. The van der Waals surface area contributed by atoms with Crippen LogP contribution in [0.1, 0.15) is 36.1 Å². The van der Waals surface area contributed by atoms with Crippen molar-refractivity contribution in [1.29, 1.82) is 0 Å². The number of nitrogens with zero attached hydrogens (tertiary/aromatic N) is 2. The van der Waals surface area contributed by atoms with Gasteiger partial charge in [-0.2, -0.15) is 0 Å². The number of carbonyl (C=O) groups is 2. The van der Waals surface area contributed by atoms with E-state index in [1.807, 2.05) is 98.2 Å². The molecule has 1 heterocycles. The maximum absolute atomic E-state index is 12.7. The molecule has 2 aromatic rings. The van der Waals surface area contributed by atoms with E-state index in [9.17, 15) is 9.59 Å². The van der Waals surface area contributed by atoms with Crippen LogP contribution in [0.25, 0.3) is 12.2 Å². The van der Waals surface area contributed by atoms with Crippen LogP contribution in [0.4, 0.5) is 0 Å². The van der Waals surface area contributed by atoms with Crippen LogP contribution >= 0.6 is 0 Å². The number of amides is 2. The monoisotopic (exact) mass is 402 g/mol. The van der Waals surface area contributed by atoms with Gasteiger partial charge in [0.15, 0.2) is 0 Å². The normalized spacial score (nSPS) is 19.6. The van der Waals surface area contributed by atoms with Crippen molar-refractivity contribution in [2.75, 3.05) is 13.1 Å². The third-order valence-corrected chi connectivity index (χ3v) is 5.54. The van der Waals surface area contributed by atoms with Crippen molar-refractivity contribution in [2.45, 2.75) is 39.8 Å². The van der Waals surface area contributed by atoms with Gasteiger partial charge < -0.3 is 9.80 Å². The largest absolute Gasteiger partial charge is 0.333 e. The molecule has 1 aliphatic heterocycles. The van der Waals surface area contributed by atoms with Crippen LogP contribution in [0.2, 0.25) is 0 Å². The fraction of sp³-hybridized carbons (Fsp3) is 0.308. The maximum Gasteiger partial charge on any atom is 0.246 e. The zero-order valence-electron chi connectivity index (χ0n) is 18.2. The summed E-state index contributed by atoms with van der Waals surface area (Å²) in [6, 6.07) is 16.1. The van der Waals surface area contributed by atoms with Gasteiger partial charge in [-0.25, -0.2) is 0 Å². The average molecular weight is 403 g/mol. The molecule has 30 heavy (non-hydrogen) atoms. The van der Waals surface area contributed by atoms with Crippen molar-refractivity contribution in [3.63, 3.8) is 0 Å². The average Bonchev–Trinajstić information content (AvgIpc) is 2.73. The maximum atomic E-state index is 12.7. The summed E-state index contributed by atoms with van der Waals surface area (Å²) < 4.78 is 0. The first kappa shape index (κ1) is 21.6. The van der Waals surface area contributed by atoms with E-state index < -0.39 is 0 Å². The van der Waals surface area contributed by atoms with Gasteiger partial charge in [-0.1, -0.05) is 59.7 Å². The number of rotatable bonds is 4. The van der Waals surface area contributed by atoms with E-state index in [-0.39, 0.29) is 23.9 Å². The van der Waals surface area contributed by atoms with E-state index >= 15 is 0 Å². The number of carbonyl (C=O) groups excluding carboxylic acids is 2. The Balaban J connectivity index is 1.61. The summed E-state index contributed by atoms with van der Waals surface area (Å²) in [7, 11) is 0. The predicted molar refractivity (Wildman–Crippen MR) is 123 cm³/mol. The standard InChI is InChI=1S/C26H30N2O2/c1-19-5-9-23(10-6-19)13-15-25(29)27-17-22(4)28(18-21(27)3)26(30)16-14-24-11-7-20(2)8-12-24/h5-16,21-22H,17-18H2,1-4H3/b15-13-,16-14+/t21-,22-/m0/s1. The Hall–Kier alpha value is -3.14. The highest BCUT2D eigenvalue weighted by molar-refractivity contribution is 5.94. The van der Waals surface area contributed by atoms with Crippen LogP contribution in [0.15, 0.2) is 60.7 Å². The van der Waals surface area contributed by atoms with Crippen LogP contribution in [-0.2, 0) is 9.59 Å². The van der Waals surface area contributed by atoms with Gasteiger partial charge in [0.1, 0.15) is 0 Å². The van der Waals surface area contributed by atoms with Crippen molar-refractivity contribution in [2.24, 2.45) is 0 Å². The van der Waals surface area contributed by atoms with E-state index in [0.717, 1.165) is 11.1 Å². The minimum Gasteiger partial charge on any atom is -0.333 e. The summed E-state index contributed by atoms with van der Waals surface area (Å²) in [5.74, 6) is -0.0329. The second kappa shape index (κ2) is 9.57. The van der Waals surface area contributed by atoms with Crippen LogP contribution < -0.4 is 0 Å². The van der Waals surface area contributed by atoms with Crippen LogP contribution in [-0.4, -0.2) is 46.8 Å². The van der Waals surface area contributed by atoms with Gasteiger partial charge in [-0.05, 0) is 51.0 Å². The van der Waals surface area contributed by atoms with Gasteiger partial charge in [-0.15, -0.1) is 0 Å². The molecule has 1 saturated heterocycles. The molecule has 0 radical (unpaired) electrons. The quantitative estimate of drug-likeness (QED) is 0.708. The highest BCUT2D eigenvalue weighted by Crippen LogP contribution is 2.17. The molecule has 1 fully saturated rings. The number of hydrogen-bond acceptors (Lipinski definition) is 2.